The molecule has 0 radical (unpaired) electrons. The first-order valence-electron chi connectivity index (χ1n) is 5.41. The van der Waals surface area contributed by atoms with Gasteiger partial charge in [0.1, 0.15) is 0 Å². The fourth-order valence-corrected chi connectivity index (χ4v) is 2.01. The fraction of sp³-hybridized carbons (Fsp3) is 0.0833. The minimum absolute atomic E-state index is 0.412. The average molecular weight is 277 g/mol. The Morgan fingerprint density at radius 3 is 2.58 bits per heavy atom. The first kappa shape index (κ1) is 13.0. The van der Waals surface area contributed by atoms with Crippen LogP contribution in [0.25, 0.3) is 0 Å². The number of thiazole rings is 1. The van der Waals surface area contributed by atoms with Crippen LogP contribution in [0.4, 0.5) is 9.93 Å². The number of nitrogens with one attached hydrogen (secondary N) is 2. The monoisotopic (exact) mass is 277 g/mol. The number of carbonyl (C=O) groups is 2. The van der Waals surface area contributed by atoms with Crippen LogP contribution < -0.4 is 10.6 Å². The lowest BCUT2D eigenvalue weighted by Gasteiger charge is -2.14. The molecular formula is C12H11N3O3S. The van der Waals surface area contributed by atoms with E-state index < -0.39 is 18.0 Å². The van der Waals surface area contributed by atoms with Crippen LogP contribution in [0, 0.1) is 0 Å². The third kappa shape index (κ3) is 3.52. The molecule has 0 bridgehead atoms. The zero-order valence-electron chi connectivity index (χ0n) is 9.74. The lowest BCUT2D eigenvalue weighted by molar-refractivity contribution is -0.139. The van der Waals surface area contributed by atoms with Crippen molar-refractivity contribution in [2.24, 2.45) is 0 Å². The molecule has 0 unspecified atom stereocenters. The number of benzene rings is 1. The highest BCUT2D eigenvalue weighted by Gasteiger charge is 2.21. The number of aliphatic carboxylic acids is 1. The van der Waals surface area contributed by atoms with Gasteiger partial charge in [0.25, 0.3) is 0 Å². The summed E-state index contributed by atoms with van der Waals surface area (Å²) in [5.41, 5.74) is 0.504. The molecule has 1 atom stereocenters. The molecule has 6 nitrogen and oxygen atoms in total. The van der Waals surface area contributed by atoms with Crippen molar-refractivity contribution >= 4 is 28.5 Å². The van der Waals surface area contributed by atoms with Crippen LogP contribution in [-0.4, -0.2) is 22.1 Å². The van der Waals surface area contributed by atoms with E-state index in [9.17, 15) is 9.59 Å². The minimum Gasteiger partial charge on any atom is -0.479 e. The van der Waals surface area contributed by atoms with Gasteiger partial charge < -0.3 is 10.4 Å². The molecule has 1 aromatic heterocycles. The van der Waals surface area contributed by atoms with Gasteiger partial charge in [0.2, 0.25) is 0 Å². The van der Waals surface area contributed by atoms with Crippen molar-refractivity contribution in [2.75, 3.05) is 5.32 Å². The number of nitrogens with zero attached hydrogens (tertiary/aromatic N) is 1. The highest BCUT2D eigenvalue weighted by Crippen LogP contribution is 2.14. The van der Waals surface area contributed by atoms with E-state index in [1.807, 2.05) is 0 Å². The topological polar surface area (TPSA) is 91.3 Å². The second kappa shape index (κ2) is 5.96. The average Bonchev–Trinajstić information content (AvgIpc) is 2.89. The van der Waals surface area contributed by atoms with Crippen molar-refractivity contribution in [1.29, 1.82) is 0 Å². The molecule has 1 heterocycles. The van der Waals surface area contributed by atoms with Crippen LogP contribution in [-0.2, 0) is 4.79 Å². The Labute approximate surface area is 113 Å². The van der Waals surface area contributed by atoms with Gasteiger partial charge in [0.15, 0.2) is 11.2 Å². The number of hydrogen-bond acceptors (Lipinski definition) is 4. The summed E-state index contributed by atoms with van der Waals surface area (Å²) >= 11 is 1.25. The van der Waals surface area contributed by atoms with Gasteiger partial charge in [0, 0.05) is 11.6 Å². The van der Waals surface area contributed by atoms with E-state index in [4.69, 9.17) is 5.11 Å². The molecule has 2 amide bonds. The molecule has 19 heavy (non-hydrogen) atoms. The van der Waals surface area contributed by atoms with Crippen LogP contribution in [0.15, 0.2) is 41.9 Å². The standard InChI is InChI=1S/C12H11N3O3S/c16-10(17)9(8-4-2-1-3-5-8)14-11(18)15-12-13-6-7-19-12/h1-7,9H,(H,16,17)(H2,13,14,15,18)/t9-/m1/s1. The summed E-state index contributed by atoms with van der Waals surface area (Å²) in [7, 11) is 0. The van der Waals surface area contributed by atoms with Crippen molar-refractivity contribution in [1.82, 2.24) is 10.3 Å². The van der Waals surface area contributed by atoms with E-state index in [2.05, 4.69) is 15.6 Å². The number of urea groups is 1. The molecule has 0 spiro atoms. The van der Waals surface area contributed by atoms with Crippen LogP contribution in [0.2, 0.25) is 0 Å². The van der Waals surface area contributed by atoms with Crippen molar-refractivity contribution in [2.45, 2.75) is 6.04 Å². The number of anilines is 1. The smallest absolute Gasteiger partial charge is 0.330 e. The zero-order chi connectivity index (χ0) is 13.7. The molecule has 7 heteroatoms. The Balaban J connectivity index is 2.05. The lowest BCUT2D eigenvalue weighted by Crippen LogP contribution is -2.36. The SMILES string of the molecule is O=C(Nc1nccs1)N[C@@H](C(=O)O)c1ccccc1. The third-order valence-corrected chi connectivity index (χ3v) is 3.00. The fourth-order valence-electron chi connectivity index (χ4n) is 1.48. The number of hydrogen-bond donors (Lipinski definition) is 3. The van der Waals surface area contributed by atoms with Crippen molar-refractivity contribution in [3.05, 3.63) is 47.5 Å². The maximum absolute atomic E-state index is 11.7. The Morgan fingerprint density at radius 1 is 1.26 bits per heavy atom. The number of carboxylic acid groups (broad SMARTS) is 1. The molecule has 2 rings (SSSR count). The molecular weight excluding hydrogens is 266 g/mol. The molecule has 0 aliphatic rings. The highest BCUT2D eigenvalue weighted by molar-refractivity contribution is 7.13. The molecule has 0 fully saturated rings. The first-order valence-corrected chi connectivity index (χ1v) is 6.29. The van der Waals surface area contributed by atoms with E-state index in [0.29, 0.717) is 10.7 Å². The van der Waals surface area contributed by atoms with E-state index in [1.54, 1.807) is 41.9 Å². The summed E-state index contributed by atoms with van der Waals surface area (Å²) in [6.07, 6.45) is 1.55. The van der Waals surface area contributed by atoms with Crippen LogP contribution >= 0.6 is 11.3 Å². The molecule has 98 valence electrons. The zero-order valence-corrected chi connectivity index (χ0v) is 10.6. The van der Waals surface area contributed by atoms with Crippen molar-refractivity contribution in [3.8, 4) is 0 Å². The van der Waals surface area contributed by atoms with Gasteiger partial charge in [-0.3, -0.25) is 5.32 Å². The number of amides is 2. The van der Waals surface area contributed by atoms with Gasteiger partial charge in [0.05, 0.1) is 0 Å². The maximum atomic E-state index is 11.7. The summed E-state index contributed by atoms with van der Waals surface area (Å²) in [6, 6.07) is 6.78. The Hall–Kier alpha value is -2.41. The van der Waals surface area contributed by atoms with Crippen LogP contribution in [0.1, 0.15) is 11.6 Å². The van der Waals surface area contributed by atoms with Crippen LogP contribution in [0.3, 0.4) is 0 Å². The molecule has 1 aromatic carbocycles. The molecule has 0 saturated heterocycles. The van der Waals surface area contributed by atoms with Gasteiger partial charge in [-0.05, 0) is 5.56 Å². The number of aromatic nitrogens is 1. The Morgan fingerprint density at radius 2 is 2.00 bits per heavy atom. The van der Waals surface area contributed by atoms with E-state index in [-0.39, 0.29) is 0 Å². The lowest BCUT2D eigenvalue weighted by atomic mass is 10.1. The quantitative estimate of drug-likeness (QED) is 0.798. The van der Waals surface area contributed by atoms with Gasteiger partial charge in [-0.25, -0.2) is 14.6 Å². The second-order valence-electron chi connectivity index (χ2n) is 3.62. The predicted molar refractivity (Wildman–Crippen MR) is 71.1 cm³/mol. The summed E-state index contributed by atoms with van der Waals surface area (Å²) in [5, 5.41) is 16.1. The summed E-state index contributed by atoms with van der Waals surface area (Å²) < 4.78 is 0. The molecule has 0 aliphatic heterocycles. The molecule has 0 aliphatic carbocycles. The van der Waals surface area contributed by atoms with Crippen LogP contribution in [0.5, 0.6) is 0 Å². The molecule has 0 saturated carbocycles. The minimum atomic E-state index is -1.12. The Kier molecular flexibility index (Phi) is 4.09. The summed E-state index contributed by atoms with van der Waals surface area (Å²) in [4.78, 5) is 26.7. The highest BCUT2D eigenvalue weighted by atomic mass is 32.1. The van der Waals surface area contributed by atoms with E-state index in [0.717, 1.165) is 0 Å². The van der Waals surface area contributed by atoms with Crippen molar-refractivity contribution in [3.63, 3.8) is 0 Å². The summed E-state index contributed by atoms with van der Waals surface area (Å²) in [5.74, 6) is -1.12. The van der Waals surface area contributed by atoms with Gasteiger partial charge in [-0.15, -0.1) is 11.3 Å². The number of carbonyl (C=O) groups excluding carboxylic acids is 1. The largest absolute Gasteiger partial charge is 0.479 e. The van der Waals surface area contributed by atoms with E-state index >= 15 is 0 Å². The molecule has 2 aromatic rings. The second-order valence-corrected chi connectivity index (χ2v) is 4.51. The van der Waals surface area contributed by atoms with E-state index in [1.165, 1.54) is 11.3 Å². The van der Waals surface area contributed by atoms with Gasteiger partial charge >= 0.3 is 12.0 Å². The van der Waals surface area contributed by atoms with Gasteiger partial charge in [-0.1, -0.05) is 30.3 Å². The number of carboxylic acids is 1. The maximum Gasteiger partial charge on any atom is 0.330 e. The number of rotatable bonds is 4. The Bertz CT molecular complexity index is 557. The molecule has 3 N–H and O–H groups in total. The van der Waals surface area contributed by atoms with Crippen molar-refractivity contribution < 1.29 is 14.7 Å². The first-order chi connectivity index (χ1) is 9.16. The normalized spacial score (nSPS) is 11.6. The summed E-state index contributed by atoms with van der Waals surface area (Å²) in [6.45, 7) is 0. The third-order valence-electron chi connectivity index (χ3n) is 2.31. The predicted octanol–water partition coefficient (Wildman–Crippen LogP) is 2.09. The van der Waals surface area contributed by atoms with Gasteiger partial charge in [-0.2, -0.15) is 0 Å².